The van der Waals surface area contributed by atoms with Crippen LogP contribution >= 0.6 is 0 Å². The zero-order valence-electron chi connectivity index (χ0n) is 9.74. The highest BCUT2D eigenvalue weighted by Gasteiger charge is 2.45. The van der Waals surface area contributed by atoms with E-state index in [-0.39, 0.29) is 6.04 Å². The monoisotopic (exact) mass is 207 g/mol. The highest BCUT2D eigenvalue weighted by atomic mass is 15.2. The normalized spacial score (nSPS) is 37.5. The van der Waals surface area contributed by atoms with Crippen molar-refractivity contribution in [2.75, 3.05) is 19.6 Å². The van der Waals surface area contributed by atoms with E-state index in [1.54, 1.807) is 0 Å². The number of likely N-dealkylation sites (tertiary alicyclic amines) is 1. The molecule has 2 saturated heterocycles. The van der Waals surface area contributed by atoms with Gasteiger partial charge in [-0.1, -0.05) is 13.8 Å². The molecule has 0 amide bonds. The van der Waals surface area contributed by atoms with Crippen molar-refractivity contribution >= 4 is 0 Å². The fraction of sp³-hybridized carbons (Fsp3) is 0.917. The lowest BCUT2D eigenvalue weighted by molar-refractivity contribution is 0.182. The predicted molar refractivity (Wildman–Crippen MR) is 60.3 cm³/mol. The molecule has 84 valence electrons. The van der Waals surface area contributed by atoms with Crippen LogP contribution in [0.2, 0.25) is 0 Å². The molecule has 0 saturated carbocycles. The number of nitrogens with one attached hydrogen (secondary N) is 1. The van der Waals surface area contributed by atoms with Gasteiger partial charge >= 0.3 is 0 Å². The molecule has 0 aromatic rings. The van der Waals surface area contributed by atoms with Gasteiger partial charge < -0.3 is 5.32 Å². The van der Waals surface area contributed by atoms with Crippen LogP contribution in [0.4, 0.5) is 0 Å². The van der Waals surface area contributed by atoms with Crippen LogP contribution in [0.15, 0.2) is 0 Å². The molecular weight excluding hydrogens is 186 g/mol. The maximum Gasteiger partial charge on any atom is 0.0977 e. The first kappa shape index (κ1) is 10.9. The van der Waals surface area contributed by atoms with E-state index < -0.39 is 0 Å². The van der Waals surface area contributed by atoms with Crippen molar-refractivity contribution in [3.8, 4) is 6.07 Å². The van der Waals surface area contributed by atoms with Gasteiger partial charge in [0.2, 0.25) is 0 Å². The van der Waals surface area contributed by atoms with Crippen molar-refractivity contribution in [2.45, 2.75) is 38.8 Å². The second-order valence-electron chi connectivity index (χ2n) is 4.81. The third-order valence-electron chi connectivity index (χ3n) is 4.11. The van der Waals surface area contributed by atoms with Crippen LogP contribution in [0.1, 0.15) is 26.7 Å². The summed E-state index contributed by atoms with van der Waals surface area (Å²) in [4.78, 5) is 2.45. The molecule has 1 N–H and O–H groups in total. The molecule has 0 radical (unpaired) electrons. The fourth-order valence-corrected chi connectivity index (χ4v) is 3.35. The SMILES string of the molecule is CCC(C#N)N1CC2CNCC2C1CC. The van der Waals surface area contributed by atoms with Crippen LogP contribution in [-0.2, 0) is 0 Å². The summed E-state index contributed by atoms with van der Waals surface area (Å²) in [5.41, 5.74) is 0. The van der Waals surface area contributed by atoms with Crippen LogP contribution in [-0.4, -0.2) is 36.6 Å². The molecule has 0 aliphatic carbocycles. The van der Waals surface area contributed by atoms with Crippen LogP contribution in [0.5, 0.6) is 0 Å². The van der Waals surface area contributed by atoms with E-state index in [1.165, 1.54) is 6.42 Å². The first-order chi connectivity index (χ1) is 7.31. The minimum Gasteiger partial charge on any atom is -0.316 e. The topological polar surface area (TPSA) is 39.1 Å². The second kappa shape index (κ2) is 4.51. The van der Waals surface area contributed by atoms with E-state index in [4.69, 9.17) is 5.26 Å². The molecule has 2 rings (SSSR count). The van der Waals surface area contributed by atoms with Crippen molar-refractivity contribution in [1.82, 2.24) is 10.2 Å². The molecule has 3 nitrogen and oxygen atoms in total. The summed E-state index contributed by atoms with van der Waals surface area (Å²) in [6, 6.07) is 3.23. The summed E-state index contributed by atoms with van der Waals surface area (Å²) < 4.78 is 0. The molecule has 0 bridgehead atoms. The van der Waals surface area contributed by atoms with Crippen molar-refractivity contribution in [1.29, 1.82) is 5.26 Å². The number of rotatable bonds is 3. The van der Waals surface area contributed by atoms with Crippen molar-refractivity contribution in [3.05, 3.63) is 0 Å². The van der Waals surface area contributed by atoms with E-state index in [1.807, 2.05) is 0 Å². The van der Waals surface area contributed by atoms with E-state index in [9.17, 15) is 0 Å². The van der Waals surface area contributed by atoms with Crippen LogP contribution in [0.3, 0.4) is 0 Å². The third kappa shape index (κ3) is 1.77. The van der Waals surface area contributed by atoms with Gasteiger partial charge in [-0.3, -0.25) is 4.90 Å². The highest BCUT2D eigenvalue weighted by Crippen LogP contribution is 2.35. The Hall–Kier alpha value is -0.590. The lowest BCUT2D eigenvalue weighted by Crippen LogP contribution is -2.41. The van der Waals surface area contributed by atoms with E-state index in [0.717, 1.165) is 37.9 Å². The molecular formula is C12H21N3. The summed E-state index contributed by atoms with van der Waals surface area (Å²) in [6.45, 7) is 7.80. The smallest absolute Gasteiger partial charge is 0.0977 e. The lowest BCUT2D eigenvalue weighted by atomic mass is 9.92. The summed E-state index contributed by atoms with van der Waals surface area (Å²) in [7, 11) is 0. The number of nitriles is 1. The zero-order chi connectivity index (χ0) is 10.8. The maximum absolute atomic E-state index is 9.16. The van der Waals surface area contributed by atoms with Gasteiger partial charge in [-0.2, -0.15) is 5.26 Å². The van der Waals surface area contributed by atoms with Gasteiger partial charge in [0.25, 0.3) is 0 Å². The summed E-state index contributed by atoms with van der Waals surface area (Å²) >= 11 is 0. The number of hydrogen-bond donors (Lipinski definition) is 1. The Morgan fingerprint density at radius 2 is 2.27 bits per heavy atom. The molecule has 15 heavy (non-hydrogen) atoms. The predicted octanol–water partition coefficient (Wildman–Crippen LogP) is 1.22. The van der Waals surface area contributed by atoms with E-state index in [0.29, 0.717) is 6.04 Å². The molecule has 0 aromatic carbocycles. The summed E-state index contributed by atoms with van der Waals surface area (Å²) in [6.07, 6.45) is 2.14. The average molecular weight is 207 g/mol. The average Bonchev–Trinajstić information content (AvgIpc) is 2.79. The Kier molecular flexibility index (Phi) is 3.28. The lowest BCUT2D eigenvalue weighted by Gasteiger charge is -2.29. The van der Waals surface area contributed by atoms with Gasteiger partial charge in [0.15, 0.2) is 0 Å². The number of fused-ring (bicyclic) bond motifs is 1. The molecule has 0 spiro atoms. The molecule has 2 aliphatic heterocycles. The molecule has 4 atom stereocenters. The zero-order valence-corrected chi connectivity index (χ0v) is 9.74. The van der Waals surface area contributed by atoms with Crippen molar-refractivity contribution in [2.24, 2.45) is 11.8 Å². The third-order valence-corrected chi connectivity index (χ3v) is 4.11. The van der Waals surface area contributed by atoms with Crippen LogP contribution in [0, 0.1) is 23.2 Å². The van der Waals surface area contributed by atoms with Crippen LogP contribution in [0.25, 0.3) is 0 Å². The van der Waals surface area contributed by atoms with Gasteiger partial charge in [-0.15, -0.1) is 0 Å². The summed E-state index contributed by atoms with van der Waals surface area (Å²) in [5, 5.41) is 12.6. The first-order valence-electron chi connectivity index (χ1n) is 6.17. The van der Waals surface area contributed by atoms with Crippen LogP contribution < -0.4 is 5.32 Å². The maximum atomic E-state index is 9.16. The van der Waals surface area contributed by atoms with Gasteiger partial charge in [-0.05, 0) is 37.8 Å². The fourth-order valence-electron chi connectivity index (χ4n) is 3.35. The van der Waals surface area contributed by atoms with Gasteiger partial charge in [-0.25, -0.2) is 0 Å². The van der Waals surface area contributed by atoms with Crippen molar-refractivity contribution in [3.63, 3.8) is 0 Å². The molecule has 4 unspecified atom stereocenters. The molecule has 2 fully saturated rings. The van der Waals surface area contributed by atoms with E-state index in [2.05, 4.69) is 30.1 Å². The number of hydrogen-bond acceptors (Lipinski definition) is 3. The second-order valence-corrected chi connectivity index (χ2v) is 4.81. The Labute approximate surface area is 92.4 Å². The standard InChI is InChI=1S/C12H21N3/c1-3-10(5-13)15-8-9-6-14-7-11(9)12(15)4-2/h9-12,14H,3-4,6-8H2,1-2H3. The Morgan fingerprint density at radius 1 is 1.47 bits per heavy atom. The van der Waals surface area contributed by atoms with Gasteiger partial charge in [0, 0.05) is 12.6 Å². The minimum absolute atomic E-state index is 0.139. The van der Waals surface area contributed by atoms with E-state index >= 15 is 0 Å². The molecule has 2 heterocycles. The minimum atomic E-state index is 0.139. The van der Waals surface area contributed by atoms with Gasteiger partial charge in [0.1, 0.15) is 0 Å². The first-order valence-corrected chi connectivity index (χ1v) is 6.17. The summed E-state index contributed by atoms with van der Waals surface area (Å²) in [5.74, 6) is 1.58. The largest absolute Gasteiger partial charge is 0.316 e. The highest BCUT2D eigenvalue weighted by molar-refractivity contribution is 5.04. The quantitative estimate of drug-likeness (QED) is 0.756. The Morgan fingerprint density at radius 3 is 2.87 bits per heavy atom. The Bertz CT molecular complexity index is 258. The molecule has 2 aliphatic rings. The molecule has 3 heteroatoms. The Balaban J connectivity index is 2.10. The van der Waals surface area contributed by atoms with Gasteiger partial charge in [0.05, 0.1) is 12.1 Å². The number of nitrogens with zero attached hydrogens (tertiary/aromatic N) is 2. The van der Waals surface area contributed by atoms with Crippen molar-refractivity contribution < 1.29 is 0 Å². The molecule has 0 aromatic heterocycles.